The van der Waals surface area contributed by atoms with Crippen LogP contribution in [0, 0.1) is 5.82 Å². The SMILES string of the molecule is Cn1cnnc1-c1cc(F)ccc1-c1ccnc(-c2nc3cc(CN[C@@H]4CCC[C@@H]4O)cc(C(F)(F)F)c3o2)c1. The van der Waals surface area contributed by atoms with Gasteiger partial charge in [0.15, 0.2) is 11.4 Å². The highest BCUT2D eigenvalue weighted by Gasteiger charge is 2.36. The molecule has 2 atom stereocenters. The maximum atomic E-state index is 14.2. The number of fused-ring (bicyclic) bond motifs is 1. The van der Waals surface area contributed by atoms with Crippen molar-refractivity contribution in [1.82, 2.24) is 30.0 Å². The van der Waals surface area contributed by atoms with Gasteiger partial charge in [0.2, 0.25) is 5.89 Å². The number of pyridine rings is 1. The summed E-state index contributed by atoms with van der Waals surface area (Å²) in [6.45, 7) is 0.145. The molecule has 0 unspecified atom stereocenters. The molecule has 206 valence electrons. The summed E-state index contributed by atoms with van der Waals surface area (Å²) < 4.78 is 63.6. The predicted octanol–water partition coefficient (Wildman–Crippen LogP) is 5.51. The lowest BCUT2D eigenvalue weighted by atomic mass is 9.99. The Hall–Kier alpha value is -4.16. The van der Waals surface area contributed by atoms with Crippen LogP contribution in [0.4, 0.5) is 17.6 Å². The zero-order chi connectivity index (χ0) is 28.0. The first-order chi connectivity index (χ1) is 19.2. The van der Waals surface area contributed by atoms with E-state index in [1.807, 2.05) is 0 Å². The average molecular weight is 553 g/mol. The van der Waals surface area contributed by atoms with Crippen molar-refractivity contribution in [2.75, 3.05) is 0 Å². The fraction of sp³-hybridized carbons (Fsp3) is 0.286. The van der Waals surface area contributed by atoms with Crippen LogP contribution < -0.4 is 5.32 Å². The zero-order valence-electron chi connectivity index (χ0n) is 21.3. The summed E-state index contributed by atoms with van der Waals surface area (Å²) in [4.78, 5) is 8.64. The van der Waals surface area contributed by atoms with E-state index in [1.165, 1.54) is 24.7 Å². The normalized spacial score (nSPS) is 17.6. The smallest absolute Gasteiger partial charge is 0.420 e. The number of nitrogens with zero attached hydrogens (tertiary/aromatic N) is 5. The minimum Gasteiger partial charge on any atom is -0.434 e. The van der Waals surface area contributed by atoms with Crippen LogP contribution >= 0.6 is 0 Å². The Kier molecular flexibility index (Phi) is 6.59. The van der Waals surface area contributed by atoms with Gasteiger partial charge >= 0.3 is 6.18 Å². The molecule has 3 heterocycles. The van der Waals surface area contributed by atoms with Crippen LogP contribution in [0.5, 0.6) is 0 Å². The van der Waals surface area contributed by atoms with Crippen molar-refractivity contribution in [2.45, 2.75) is 44.1 Å². The predicted molar refractivity (Wildman–Crippen MR) is 138 cm³/mol. The second kappa shape index (κ2) is 10.1. The van der Waals surface area contributed by atoms with E-state index < -0.39 is 23.7 Å². The van der Waals surface area contributed by atoms with Crippen molar-refractivity contribution in [3.63, 3.8) is 0 Å². The Balaban J connectivity index is 1.39. The standard InChI is InChI=1S/C28H24F4N6O2/c1-38-14-35-37-26(38)19-12-17(29)5-6-18(19)16-7-8-33-23(11-16)27-36-22-10-15(13-34-21-3-2-4-24(21)39)9-20(25(22)40-27)28(30,31)32/h5-12,14,21,24,34,39H,2-4,13H2,1H3/t21-,24+/m1/s1. The maximum Gasteiger partial charge on any atom is 0.420 e. The van der Waals surface area contributed by atoms with Crippen LogP contribution in [0.2, 0.25) is 0 Å². The summed E-state index contributed by atoms with van der Waals surface area (Å²) in [5.74, 6) is -0.0980. The Labute approximate surface area is 225 Å². The molecule has 0 saturated heterocycles. The van der Waals surface area contributed by atoms with E-state index in [1.54, 1.807) is 35.9 Å². The van der Waals surface area contributed by atoms with Gasteiger partial charge in [0.1, 0.15) is 28.9 Å². The van der Waals surface area contributed by atoms with Gasteiger partial charge in [0, 0.05) is 31.4 Å². The monoisotopic (exact) mass is 552 g/mol. The summed E-state index contributed by atoms with van der Waals surface area (Å²) in [7, 11) is 1.73. The Morgan fingerprint density at radius 2 is 1.95 bits per heavy atom. The van der Waals surface area contributed by atoms with E-state index in [9.17, 15) is 22.7 Å². The summed E-state index contributed by atoms with van der Waals surface area (Å²) in [6, 6.07) is 9.98. The molecule has 1 saturated carbocycles. The molecule has 1 aliphatic rings. The summed E-state index contributed by atoms with van der Waals surface area (Å²) in [6.07, 6.45) is 0.0841. The van der Waals surface area contributed by atoms with Gasteiger partial charge in [-0.1, -0.05) is 6.07 Å². The highest BCUT2D eigenvalue weighted by molar-refractivity contribution is 5.83. The zero-order valence-corrected chi connectivity index (χ0v) is 21.3. The molecular formula is C28H24F4N6O2. The number of hydrogen-bond acceptors (Lipinski definition) is 7. The third-order valence-corrected chi connectivity index (χ3v) is 7.13. The molecular weight excluding hydrogens is 528 g/mol. The molecule has 8 nitrogen and oxygen atoms in total. The number of aliphatic hydroxyl groups excluding tert-OH is 1. The minimum atomic E-state index is -4.67. The van der Waals surface area contributed by atoms with E-state index >= 15 is 0 Å². The largest absolute Gasteiger partial charge is 0.434 e. The number of aliphatic hydroxyl groups is 1. The number of hydrogen-bond donors (Lipinski definition) is 2. The molecule has 0 spiro atoms. The molecule has 3 aromatic heterocycles. The van der Waals surface area contributed by atoms with E-state index in [-0.39, 0.29) is 35.3 Å². The van der Waals surface area contributed by atoms with Gasteiger partial charge in [-0.15, -0.1) is 10.2 Å². The molecule has 0 amide bonds. The number of aryl methyl sites for hydroxylation is 1. The molecule has 0 bridgehead atoms. The van der Waals surface area contributed by atoms with Crippen molar-refractivity contribution < 1.29 is 27.1 Å². The fourth-order valence-corrected chi connectivity index (χ4v) is 5.14. The molecule has 1 aliphatic carbocycles. The molecule has 6 rings (SSSR count). The van der Waals surface area contributed by atoms with Crippen molar-refractivity contribution in [3.8, 4) is 34.1 Å². The fourth-order valence-electron chi connectivity index (χ4n) is 5.14. The van der Waals surface area contributed by atoms with Crippen molar-refractivity contribution in [3.05, 3.63) is 71.9 Å². The highest BCUT2D eigenvalue weighted by Crippen LogP contribution is 2.38. The van der Waals surface area contributed by atoms with E-state index in [0.29, 0.717) is 34.5 Å². The van der Waals surface area contributed by atoms with Crippen LogP contribution in [0.25, 0.3) is 45.2 Å². The minimum absolute atomic E-state index is 0.0438. The Morgan fingerprint density at radius 3 is 2.67 bits per heavy atom. The number of rotatable bonds is 6. The van der Waals surface area contributed by atoms with Crippen LogP contribution in [0.1, 0.15) is 30.4 Å². The third kappa shape index (κ3) is 4.95. The lowest BCUT2D eigenvalue weighted by Crippen LogP contribution is -2.35. The first kappa shape index (κ1) is 26.1. The lowest BCUT2D eigenvalue weighted by molar-refractivity contribution is -0.136. The Morgan fingerprint density at radius 1 is 1.10 bits per heavy atom. The molecule has 5 aromatic rings. The van der Waals surface area contributed by atoms with Gasteiger partial charge in [-0.3, -0.25) is 4.98 Å². The molecule has 0 aliphatic heterocycles. The van der Waals surface area contributed by atoms with Crippen molar-refractivity contribution in [1.29, 1.82) is 0 Å². The van der Waals surface area contributed by atoms with Gasteiger partial charge in [-0.05, 0) is 72.4 Å². The molecule has 40 heavy (non-hydrogen) atoms. The van der Waals surface area contributed by atoms with Crippen LogP contribution in [0.15, 0.2) is 59.4 Å². The molecule has 12 heteroatoms. The average Bonchev–Trinajstić information content (AvgIpc) is 3.66. The van der Waals surface area contributed by atoms with Crippen LogP contribution in [-0.2, 0) is 19.8 Å². The number of oxazole rings is 1. The third-order valence-electron chi connectivity index (χ3n) is 7.13. The Bertz CT molecular complexity index is 1700. The number of aromatic nitrogens is 5. The molecule has 2 N–H and O–H groups in total. The quantitative estimate of drug-likeness (QED) is 0.268. The number of nitrogens with one attached hydrogen (secondary N) is 1. The molecule has 0 radical (unpaired) electrons. The van der Waals surface area contributed by atoms with Crippen molar-refractivity contribution in [2.24, 2.45) is 7.05 Å². The van der Waals surface area contributed by atoms with E-state index in [2.05, 4.69) is 25.5 Å². The van der Waals surface area contributed by atoms with Crippen LogP contribution in [-0.4, -0.2) is 42.0 Å². The topological polar surface area (TPSA) is 102 Å². The molecule has 1 fully saturated rings. The summed E-state index contributed by atoms with van der Waals surface area (Å²) >= 11 is 0. The first-order valence-electron chi connectivity index (χ1n) is 12.7. The van der Waals surface area contributed by atoms with Gasteiger partial charge in [-0.25, -0.2) is 9.37 Å². The van der Waals surface area contributed by atoms with Gasteiger partial charge < -0.3 is 19.4 Å². The van der Waals surface area contributed by atoms with Crippen molar-refractivity contribution >= 4 is 11.1 Å². The second-order valence-electron chi connectivity index (χ2n) is 9.88. The lowest BCUT2D eigenvalue weighted by Gasteiger charge is -2.17. The summed E-state index contributed by atoms with van der Waals surface area (Å²) in [5.41, 5.74) is 1.02. The second-order valence-corrected chi connectivity index (χ2v) is 9.88. The first-order valence-corrected chi connectivity index (χ1v) is 12.7. The number of halogens is 4. The van der Waals surface area contributed by atoms with Gasteiger partial charge in [-0.2, -0.15) is 13.2 Å². The van der Waals surface area contributed by atoms with E-state index in [4.69, 9.17) is 4.42 Å². The summed E-state index contributed by atoms with van der Waals surface area (Å²) in [5, 5.41) is 21.2. The number of benzene rings is 2. The maximum absolute atomic E-state index is 14.2. The molecule has 2 aromatic carbocycles. The highest BCUT2D eigenvalue weighted by atomic mass is 19.4. The number of alkyl halides is 3. The van der Waals surface area contributed by atoms with Gasteiger partial charge in [0.05, 0.1) is 6.10 Å². The van der Waals surface area contributed by atoms with E-state index in [0.717, 1.165) is 18.9 Å². The van der Waals surface area contributed by atoms with Gasteiger partial charge in [0.25, 0.3) is 0 Å². The van der Waals surface area contributed by atoms with Crippen LogP contribution in [0.3, 0.4) is 0 Å².